The van der Waals surface area contributed by atoms with Crippen LogP contribution in [-0.2, 0) is 6.54 Å². The van der Waals surface area contributed by atoms with Crippen LogP contribution in [0.5, 0.6) is 5.75 Å². The zero-order valence-corrected chi connectivity index (χ0v) is 9.93. The molecule has 0 bridgehead atoms. The fourth-order valence-electron chi connectivity index (χ4n) is 1.41. The lowest BCUT2D eigenvalue weighted by Crippen LogP contribution is -2.28. The average Bonchev–Trinajstić information content (AvgIpc) is 2.90. The zero-order valence-electron chi connectivity index (χ0n) is 9.93. The Hall–Kier alpha value is -2.50. The minimum atomic E-state index is -0.269. The molecule has 1 aromatic carbocycles. The van der Waals surface area contributed by atoms with E-state index in [1.54, 1.807) is 43.6 Å². The fourth-order valence-corrected chi connectivity index (χ4v) is 1.41. The summed E-state index contributed by atoms with van der Waals surface area (Å²) in [7, 11) is 1.60. The predicted molar refractivity (Wildman–Crippen MR) is 67.4 cm³/mol. The van der Waals surface area contributed by atoms with E-state index in [2.05, 4.69) is 20.8 Å². The highest BCUT2D eigenvalue weighted by Crippen LogP contribution is 2.14. The Kier molecular flexibility index (Phi) is 3.80. The third kappa shape index (κ3) is 3.24. The van der Waals surface area contributed by atoms with Gasteiger partial charge in [-0.2, -0.15) is 5.10 Å². The quantitative estimate of drug-likeness (QED) is 0.768. The molecule has 1 heterocycles. The first-order chi connectivity index (χ1) is 8.78. The molecule has 6 heteroatoms. The first-order valence-corrected chi connectivity index (χ1v) is 5.45. The van der Waals surface area contributed by atoms with Gasteiger partial charge >= 0.3 is 6.03 Å². The number of urea groups is 1. The molecule has 0 atom stereocenters. The van der Waals surface area contributed by atoms with Crippen LogP contribution in [-0.4, -0.2) is 23.3 Å². The van der Waals surface area contributed by atoms with Gasteiger partial charge in [0.2, 0.25) is 0 Å². The number of benzene rings is 1. The van der Waals surface area contributed by atoms with Crippen molar-refractivity contribution in [2.45, 2.75) is 6.54 Å². The van der Waals surface area contributed by atoms with Crippen molar-refractivity contribution in [3.63, 3.8) is 0 Å². The van der Waals surface area contributed by atoms with E-state index in [-0.39, 0.29) is 6.03 Å². The second-order valence-electron chi connectivity index (χ2n) is 3.62. The molecule has 0 radical (unpaired) electrons. The molecule has 6 nitrogen and oxygen atoms in total. The van der Waals surface area contributed by atoms with Crippen LogP contribution >= 0.6 is 0 Å². The van der Waals surface area contributed by atoms with Crippen molar-refractivity contribution in [1.29, 1.82) is 0 Å². The fraction of sp³-hybridized carbons (Fsp3) is 0.167. The lowest BCUT2D eigenvalue weighted by atomic mass is 10.3. The summed E-state index contributed by atoms with van der Waals surface area (Å²) in [5.41, 5.74) is 1.55. The van der Waals surface area contributed by atoms with Crippen LogP contribution in [0.3, 0.4) is 0 Å². The number of anilines is 1. The van der Waals surface area contributed by atoms with Gasteiger partial charge in [-0.1, -0.05) is 0 Å². The monoisotopic (exact) mass is 246 g/mol. The molecule has 3 N–H and O–H groups in total. The van der Waals surface area contributed by atoms with Crippen molar-refractivity contribution >= 4 is 11.7 Å². The highest BCUT2D eigenvalue weighted by molar-refractivity contribution is 5.89. The van der Waals surface area contributed by atoms with Gasteiger partial charge in [-0.3, -0.25) is 5.10 Å². The Morgan fingerprint density at radius 3 is 2.72 bits per heavy atom. The maximum Gasteiger partial charge on any atom is 0.319 e. The molecule has 0 fully saturated rings. The zero-order chi connectivity index (χ0) is 12.8. The molecule has 2 amide bonds. The molecule has 0 saturated carbocycles. The summed E-state index contributed by atoms with van der Waals surface area (Å²) in [6, 6.07) is 8.64. The normalized spacial score (nSPS) is 9.83. The number of aromatic nitrogens is 2. The summed E-state index contributed by atoms with van der Waals surface area (Å²) in [6.07, 6.45) is 1.64. The maximum absolute atomic E-state index is 11.6. The van der Waals surface area contributed by atoms with E-state index in [4.69, 9.17) is 4.74 Å². The molecule has 2 aromatic rings. The molecule has 2 rings (SSSR count). The Bertz CT molecular complexity index is 493. The number of H-pyrrole nitrogens is 1. The first-order valence-electron chi connectivity index (χ1n) is 5.45. The molecule has 0 spiro atoms. The highest BCUT2D eigenvalue weighted by Gasteiger charge is 2.02. The number of methoxy groups -OCH3 is 1. The molecule has 0 aliphatic rings. The van der Waals surface area contributed by atoms with E-state index in [0.717, 1.165) is 11.4 Å². The van der Waals surface area contributed by atoms with Gasteiger partial charge in [-0.25, -0.2) is 4.79 Å². The van der Waals surface area contributed by atoms with E-state index in [1.807, 2.05) is 0 Å². The van der Waals surface area contributed by atoms with Crippen molar-refractivity contribution in [3.8, 4) is 5.75 Å². The van der Waals surface area contributed by atoms with Crippen molar-refractivity contribution in [2.75, 3.05) is 12.4 Å². The summed E-state index contributed by atoms with van der Waals surface area (Å²) in [5.74, 6) is 0.749. The van der Waals surface area contributed by atoms with Gasteiger partial charge in [-0.15, -0.1) is 0 Å². The highest BCUT2D eigenvalue weighted by atomic mass is 16.5. The number of ether oxygens (including phenoxy) is 1. The van der Waals surface area contributed by atoms with Crippen molar-refractivity contribution < 1.29 is 9.53 Å². The summed E-state index contributed by atoms with van der Waals surface area (Å²) >= 11 is 0. The number of carbonyl (C=O) groups excluding carboxylic acids is 1. The SMILES string of the molecule is COc1ccc(NC(=O)NCc2ccn[nH]2)cc1. The molecule has 0 aliphatic carbocycles. The molecule has 0 unspecified atom stereocenters. The molecular weight excluding hydrogens is 232 g/mol. The molecule has 0 saturated heterocycles. The van der Waals surface area contributed by atoms with Crippen molar-refractivity contribution in [2.24, 2.45) is 0 Å². The number of hydrogen-bond acceptors (Lipinski definition) is 3. The van der Waals surface area contributed by atoms with Gasteiger partial charge in [0.15, 0.2) is 0 Å². The third-order valence-electron chi connectivity index (χ3n) is 2.35. The van der Waals surface area contributed by atoms with Gasteiger partial charge in [0.1, 0.15) is 5.75 Å². The first kappa shape index (κ1) is 12.0. The van der Waals surface area contributed by atoms with Crippen LogP contribution < -0.4 is 15.4 Å². The van der Waals surface area contributed by atoms with Crippen LogP contribution in [0.25, 0.3) is 0 Å². The predicted octanol–water partition coefficient (Wildman–Crippen LogP) is 1.74. The Morgan fingerprint density at radius 1 is 1.33 bits per heavy atom. The van der Waals surface area contributed by atoms with Crippen LogP contribution in [0, 0.1) is 0 Å². The second-order valence-corrected chi connectivity index (χ2v) is 3.62. The van der Waals surface area contributed by atoms with Gasteiger partial charge in [0, 0.05) is 11.9 Å². The number of aromatic amines is 1. The van der Waals surface area contributed by atoms with Gasteiger partial charge in [0.25, 0.3) is 0 Å². The molecular formula is C12H14N4O2. The summed E-state index contributed by atoms with van der Waals surface area (Å²) in [4.78, 5) is 11.6. The van der Waals surface area contributed by atoms with E-state index in [9.17, 15) is 4.79 Å². The van der Waals surface area contributed by atoms with Crippen LogP contribution in [0.4, 0.5) is 10.5 Å². The number of carbonyl (C=O) groups is 1. The molecule has 1 aromatic heterocycles. The van der Waals surface area contributed by atoms with Crippen LogP contribution in [0.2, 0.25) is 0 Å². The molecule has 18 heavy (non-hydrogen) atoms. The number of rotatable bonds is 4. The second kappa shape index (κ2) is 5.72. The van der Waals surface area contributed by atoms with Gasteiger partial charge in [0.05, 0.1) is 19.3 Å². The number of nitrogens with zero attached hydrogens (tertiary/aromatic N) is 1. The maximum atomic E-state index is 11.6. The summed E-state index contributed by atoms with van der Waals surface area (Å²) in [6.45, 7) is 0.405. The summed E-state index contributed by atoms with van der Waals surface area (Å²) in [5, 5.41) is 12.0. The Labute approximate surface area is 104 Å². The van der Waals surface area contributed by atoms with E-state index < -0.39 is 0 Å². The van der Waals surface area contributed by atoms with E-state index in [1.165, 1.54) is 0 Å². The van der Waals surface area contributed by atoms with Crippen LogP contribution in [0.1, 0.15) is 5.69 Å². The molecule has 94 valence electrons. The lowest BCUT2D eigenvalue weighted by Gasteiger charge is -2.07. The Morgan fingerprint density at radius 2 is 2.11 bits per heavy atom. The number of hydrogen-bond donors (Lipinski definition) is 3. The van der Waals surface area contributed by atoms with E-state index >= 15 is 0 Å². The average molecular weight is 246 g/mol. The van der Waals surface area contributed by atoms with Gasteiger partial charge < -0.3 is 15.4 Å². The van der Waals surface area contributed by atoms with Crippen molar-refractivity contribution in [3.05, 3.63) is 42.2 Å². The number of nitrogens with one attached hydrogen (secondary N) is 3. The van der Waals surface area contributed by atoms with Crippen LogP contribution in [0.15, 0.2) is 36.5 Å². The molecule has 0 aliphatic heterocycles. The topological polar surface area (TPSA) is 79.0 Å². The third-order valence-corrected chi connectivity index (χ3v) is 2.35. The number of amides is 2. The smallest absolute Gasteiger partial charge is 0.319 e. The largest absolute Gasteiger partial charge is 0.497 e. The van der Waals surface area contributed by atoms with Crippen molar-refractivity contribution in [1.82, 2.24) is 15.5 Å². The lowest BCUT2D eigenvalue weighted by molar-refractivity contribution is 0.251. The van der Waals surface area contributed by atoms with Gasteiger partial charge in [-0.05, 0) is 30.3 Å². The Balaban J connectivity index is 1.83. The minimum absolute atomic E-state index is 0.269. The minimum Gasteiger partial charge on any atom is -0.497 e. The summed E-state index contributed by atoms with van der Waals surface area (Å²) < 4.78 is 5.03. The standard InChI is InChI=1S/C12H14N4O2/c1-18-11-4-2-9(3-5-11)15-12(17)13-8-10-6-7-14-16-10/h2-7H,8H2,1H3,(H,14,16)(H2,13,15,17). The van der Waals surface area contributed by atoms with E-state index in [0.29, 0.717) is 12.2 Å².